The van der Waals surface area contributed by atoms with Crippen LogP contribution >= 0.6 is 0 Å². The van der Waals surface area contributed by atoms with Crippen LogP contribution in [0, 0.1) is 0 Å². The lowest BCUT2D eigenvalue weighted by Gasteiger charge is -2.37. The van der Waals surface area contributed by atoms with Crippen molar-refractivity contribution in [3.05, 3.63) is 48.0 Å². The summed E-state index contributed by atoms with van der Waals surface area (Å²) in [6.45, 7) is 8.42. The number of hydrogen-bond donors (Lipinski definition) is 1. The Morgan fingerprint density at radius 2 is 1.76 bits per heavy atom. The summed E-state index contributed by atoms with van der Waals surface area (Å²) in [4.78, 5) is 28.1. The van der Waals surface area contributed by atoms with E-state index in [-0.39, 0.29) is 12.0 Å². The van der Waals surface area contributed by atoms with E-state index in [0.717, 1.165) is 41.2 Å². The summed E-state index contributed by atoms with van der Waals surface area (Å²) < 4.78 is 5.50. The van der Waals surface area contributed by atoms with Crippen molar-refractivity contribution < 1.29 is 14.3 Å². The van der Waals surface area contributed by atoms with Gasteiger partial charge in [-0.25, -0.2) is 4.79 Å². The third-order valence-electron chi connectivity index (χ3n) is 5.22. The highest BCUT2D eigenvalue weighted by atomic mass is 16.6. The molecule has 1 N–H and O–H groups in total. The molecule has 1 fully saturated rings. The van der Waals surface area contributed by atoms with Crippen molar-refractivity contribution >= 4 is 23.4 Å². The van der Waals surface area contributed by atoms with Crippen LogP contribution in [0.25, 0.3) is 11.1 Å². The number of para-hydroxylation sites is 1. The van der Waals surface area contributed by atoms with E-state index < -0.39 is 5.60 Å². The standard InChI is InChI=1S/C23H27N3O3/c1-23(2,3)29-22(28)26-12-10-25(11-13-26)20-7-5-4-6-18(20)16-8-9-19-17(14-16)15-21(27)24-19/h4-9,14H,10-13,15H2,1-3H3,(H,24,27). The molecule has 0 atom stereocenters. The third kappa shape index (κ3) is 4.21. The van der Waals surface area contributed by atoms with Crippen LogP contribution in [0.15, 0.2) is 42.5 Å². The van der Waals surface area contributed by atoms with Crippen molar-refractivity contribution in [2.75, 3.05) is 36.4 Å². The summed E-state index contributed by atoms with van der Waals surface area (Å²) in [5, 5.41) is 2.89. The van der Waals surface area contributed by atoms with E-state index in [0.29, 0.717) is 19.5 Å². The van der Waals surface area contributed by atoms with Crippen molar-refractivity contribution in [2.24, 2.45) is 0 Å². The van der Waals surface area contributed by atoms with E-state index in [1.54, 1.807) is 4.90 Å². The second-order valence-electron chi connectivity index (χ2n) is 8.57. The Morgan fingerprint density at radius 3 is 2.48 bits per heavy atom. The molecular formula is C23H27N3O3. The highest BCUT2D eigenvalue weighted by Crippen LogP contribution is 2.35. The number of nitrogens with zero attached hydrogens (tertiary/aromatic N) is 2. The molecule has 1 saturated heterocycles. The van der Waals surface area contributed by atoms with Crippen LogP contribution in [-0.2, 0) is 16.0 Å². The van der Waals surface area contributed by atoms with Gasteiger partial charge in [0.15, 0.2) is 0 Å². The average Bonchev–Trinajstić information content (AvgIpc) is 3.06. The molecule has 152 valence electrons. The number of piperazine rings is 1. The van der Waals surface area contributed by atoms with Crippen LogP contribution in [0.1, 0.15) is 26.3 Å². The molecule has 2 aromatic carbocycles. The number of hydrogen-bond acceptors (Lipinski definition) is 4. The second kappa shape index (κ2) is 7.43. The summed E-state index contributed by atoms with van der Waals surface area (Å²) in [5.74, 6) is 0.0451. The molecule has 2 amide bonds. The molecule has 0 saturated carbocycles. The molecule has 0 unspecified atom stereocenters. The van der Waals surface area contributed by atoms with E-state index in [2.05, 4.69) is 34.5 Å². The van der Waals surface area contributed by atoms with Crippen LogP contribution < -0.4 is 10.2 Å². The number of ether oxygens (including phenoxy) is 1. The number of nitrogens with one attached hydrogen (secondary N) is 1. The van der Waals surface area contributed by atoms with E-state index in [9.17, 15) is 9.59 Å². The first-order valence-corrected chi connectivity index (χ1v) is 10.1. The van der Waals surface area contributed by atoms with Crippen LogP contribution in [0.5, 0.6) is 0 Å². The van der Waals surface area contributed by atoms with Crippen molar-refractivity contribution in [3.63, 3.8) is 0 Å². The Bertz CT molecular complexity index is 941. The summed E-state index contributed by atoms with van der Waals surface area (Å²) in [5.41, 5.74) is 4.85. The molecule has 29 heavy (non-hydrogen) atoms. The quantitative estimate of drug-likeness (QED) is 0.840. The van der Waals surface area contributed by atoms with E-state index in [4.69, 9.17) is 4.74 Å². The fourth-order valence-corrected chi connectivity index (χ4v) is 3.85. The lowest BCUT2D eigenvalue weighted by Crippen LogP contribution is -2.50. The molecule has 0 spiro atoms. The Labute approximate surface area is 171 Å². The van der Waals surface area contributed by atoms with Gasteiger partial charge in [-0.3, -0.25) is 4.79 Å². The minimum absolute atomic E-state index is 0.0451. The predicted octanol–water partition coefficient (Wildman–Crippen LogP) is 3.91. The number of benzene rings is 2. The van der Waals surface area contributed by atoms with Crippen molar-refractivity contribution in [2.45, 2.75) is 32.8 Å². The van der Waals surface area contributed by atoms with Gasteiger partial charge in [-0.15, -0.1) is 0 Å². The van der Waals surface area contributed by atoms with Gasteiger partial charge in [0.25, 0.3) is 0 Å². The van der Waals surface area contributed by atoms with Gasteiger partial charge in [0.1, 0.15) is 5.60 Å². The smallest absolute Gasteiger partial charge is 0.410 e. The first-order valence-electron chi connectivity index (χ1n) is 10.1. The van der Waals surface area contributed by atoms with E-state index in [1.165, 1.54) is 0 Å². The zero-order valence-electron chi connectivity index (χ0n) is 17.2. The van der Waals surface area contributed by atoms with Crippen molar-refractivity contribution in [1.82, 2.24) is 4.90 Å². The second-order valence-corrected chi connectivity index (χ2v) is 8.57. The molecule has 0 aromatic heterocycles. The fraction of sp³-hybridized carbons (Fsp3) is 0.391. The monoisotopic (exact) mass is 393 g/mol. The van der Waals surface area contributed by atoms with Crippen LogP contribution in [0.3, 0.4) is 0 Å². The number of anilines is 2. The summed E-state index contributed by atoms with van der Waals surface area (Å²) in [7, 11) is 0. The van der Waals surface area contributed by atoms with Crippen molar-refractivity contribution in [3.8, 4) is 11.1 Å². The Balaban J connectivity index is 1.51. The summed E-state index contributed by atoms with van der Waals surface area (Å²) >= 11 is 0. The highest BCUT2D eigenvalue weighted by molar-refractivity contribution is 6.00. The molecule has 2 aromatic rings. The minimum Gasteiger partial charge on any atom is -0.444 e. The molecule has 0 radical (unpaired) electrons. The first kappa shape index (κ1) is 19.3. The fourth-order valence-electron chi connectivity index (χ4n) is 3.85. The average molecular weight is 393 g/mol. The molecule has 0 aliphatic carbocycles. The largest absolute Gasteiger partial charge is 0.444 e. The Morgan fingerprint density at radius 1 is 1.03 bits per heavy atom. The zero-order chi connectivity index (χ0) is 20.6. The number of carbonyl (C=O) groups is 2. The Hall–Kier alpha value is -3.02. The van der Waals surface area contributed by atoms with Crippen LogP contribution in [0.4, 0.5) is 16.2 Å². The topological polar surface area (TPSA) is 61.9 Å². The number of carbonyl (C=O) groups excluding carboxylic acids is 2. The molecule has 2 heterocycles. The minimum atomic E-state index is -0.482. The first-order chi connectivity index (χ1) is 13.8. The normalized spacial score (nSPS) is 16.4. The van der Waals surface area contributed by atoms with E-state index in [1.807, 2.05) is 39.0 Å². The molecule has 6 nitrogen and oxygen atoms in total. The van der Waals surface area contributed by atoms with Gasteiger partial charge in [-0.1, -0.05) is 24.3 Å². The summed E-state index contributed by atoms with van der Waals surface area (Å²) in [6, 6.07) is 14.4. The van der Waals surface area contributed by atoms with Gasteiger partial charge in [-0.05, 0) is 50.1 Å². The predicted molar refractivity (Wildman–Crippen MR) is 114 cm³/mol. The van der Waals surface area contributed by atoms with Gasteiger partial charge in [0, 0.05) is 43.1 Å². The van der Waals surface area contributed by atoms with E-state index >= 15 is 0 Å². The molecular weight excluding hydrogens is 366 g/mol. The maximum atomic E-state index is 12.3. The number of rotatable bonds is 2. The SMILES string of the molecule is CC(C)(C)OC(=O)N1CCN(c2ccccc2-c2ccc3c(c2)CC(=O)N3)CC1. The maximum absolute atomic E-state index is 12.3. The molecule has 4 rings (SSSR count). The molecule has 6 heteroatoms. The van der Waals surface area contributed by atoms with Crippen LogP contribution in [-0.4, -0.2) is 48.7 Å². The molecule has 0 bridgehead atoms. The third-order valence-corrected chi connectivity index (χ3v) is 5.22. The number of amides is 2. The molecule has 2 aliphatic heterocycles. The number of fused-ring (bicyclic) bond motifs is 1. The maximum Gasteiger partial charge on any atom is 0.410 e. The zero-order valence-corrected chi connectivity index (χ0v) is 17.2. The van der Waals surface area contributed by atoms with Crippen molar-refractivity contribution in [1.29, 1.82) is 0 Å². The Kier molecular flexibility index (Phi) is 4.94. The van der Waals surface area contributed by atoms with Gasteiger partial charge in [-0.2, -0.15) is 0 Å². The molecule has 2 aliphatic rings. The van der Waals surface area contributed by atoms with Gasteiger partial charge >= 0.3 is 6.09 Å². The lowest BCUT2D eigenvalue weighted by molar-refractivity contribution is -0.115. The van der Waals surface area contributed by atoms with Gasteiger partial charge in [0.05, 0.1) is 6.42 Å². The summed E-state index contributed by atoms with van der Waals surface area (Å²) in [6.07, 6.45) is 0.182. The van der Waals surface area contributed by atoms with Gasteiger partial charge < -0.3 is 19.9 Å². The van der Waals surface area contributed by atoms with Gasteiger partial charge in [0.2, 0.25) is 5.91 Å². The highest BCUT2D eigenvalue weighted by Gasteiger charge is 2.27. The lowest BCUT2D eigenvalue weighted by atomic mass is 9.99. The van der Waals surface area contributed by atoms with Crippen LogP contribution in [0.2, 0.25) is 0 Å².